The van der Waals surface area contributed by atoms with Gasteiger partial charge in [0.05, 0.1) is 10.0 Å². The summed E-state index contributed by atoms with van der Waals surface area (Å²) in [6.45, 7) is 8.29. The first-order valence-corrected chi connectivity index (χ1v) is 12.9. The SMILES string of the molecule is O=C(/C=C/c1ccc(Cl)c(Cl)c1)N1CCC(=O)N(CCCCN2CCN(C3CC3)CC2)CC1. The average molecular weight is 493 g/mol. The van der Waals surface area contributed by atoms with E-state index < -0.39 is 0 Å². The van der Waals surface area contributed by atoms with E-state index in [0.717, 1.165) is 37.5 Å². The number of piperazine rings is 1. The molecule has 3 aliphatic rings. The summed E-state index contributed by atoms with van der Waals surface area (Å²) in [4.78, 5) is 34.1. The molecule has 0 bridgehead atoms. The molecule has 4 rings (SSSR count). The molecule has 8 heteroatoms. The lowest BCUT2D eigenvalue weighted by Gasteiger charge is -2.34. The zero-order valence-electron chi connectivity index (χ0n) is 19.2. The zero-order valence-corrected chi connectivity index (χ0v) is 20.7. The van der Waals surface area contributed by atoms with Crippen LogP contribution in [-0.4, -0.2) is 96.4 Å². The van der Waals surface area contributed by atoms with Gasteiger partial charge in [-0.15, -0.1) is 0 Å². The van der Waals surface area contributed by atoms with Gasteiger partial charge >= 0.3 is 0 Å². The van der Waals surface area contributed by atoms with Gasteiger partial charge in [0, 0.05) is 70.9 Å². The Balaban J connectivity index is 1.16. The number of amides is 2. The summed E-state index contributed by atoms with van der Waals surface area (Å²) in [5.74, 6) is 0.0675. The third-order valence-electron chi connectivity index (χ3n) is 6.88. The molecule has 1 aromatic carbocycles. The van der Waals surface area contributed by atoms with Crippen molar-refractivity contribution in [2.24, 2.45) is 0 Å². The third kappa shape index (κ3) is 7.19. The monoisotopic (exact) mass is 492 g/mol. The van der Waals surface area contributed by atoms with Crippen LogP contribution < -0.4 is 0 Å². The Hall–Kier alpha value is -1.60. The van der Waals surface area contributed by atoms with Crippen molar-refractivity contribution in [3.05, 3.63) is 39.9 Å². The van der Waals surface area contributed by atoms with E-state index in [1.807, 2.05) is 11.0 Å². The van der Waals surface area contributed by atoms with Crippen LogP contribution in [0.5, 0.6) is 0 Å². The minimum atomic E-state index is -0.0823. The van der Waals surface area contributed by atoms with Gasteiger partial charge in [0.1, 0.15) is 0 Å². The summed E-state index contributed by atoms with van der Waals surface area (Å²) in [5.41, 5.74) is 0.819. The average Bonchev–Trinajstić information content (AvgIpc) is 3.67. The van der Waals surface area contributed by atoms with E-state index in [-0.39, 0.29) is 11.8 Å². The van der Waals surface area contributed by atoms with Gasteiger partial charge in [0.15, 0.2) is 0 Å². The lowest BCUT2D eigenvalue weighted by Crippen LogP contribution is -2.47. The number of nitrogens with zero attached hydrogens (tertiary/aromatic N) is 4. The molecular formula is C25H34Cl2N4O2. The number of rotatable bonds is 8. The topological polar surface area (TPSA) is 47.1 Å². The first kappa shape index (κ1) is 24.5. The van der Waals surface area contributed by atoms with Crippen LogP contribution in [0.2, 0.25) is 10.0 Å². The zero-order chi connectivity index (χ0) is 23.2. The van der Waals surface area contributed by atoms with Gasteiger partial charge in [-0.05, 0) is 56.0 Å². The predicted octanol–water partition coefficient (Wildman–Crippen LogP) is 3.63. The van der Waals surface area contributed by atoms with E-state index in [2.05, 4.69) is 9.80 Å². The maximum absolute atomic E-state index is 12.6. The Labute approximate surface area is 207 Å². The second kappa shape index (κ2) is 11.7. The lowest BCUT2D eigenvalue weighted by molar-refractivity contribution is -0.130. The van der Waals surface area contributed by atoms with Gasteiger partial charge < -0.3 is 14.7 Å². The molecule has 0 unspecified atom stereocenters. The van der Waals surface area contributed by atoms with Gasteiger partial charge in [-0.2, -0.15) is 0 Å². The van der Waals surface area contributed by atoms with E-state index >= 15 is 0 Å². The van der Waals surface area contributed by atoms with Gasteiger partial charge in [-0.1, -0.05) is 29.3 Å². The molecule has 0 radical (unpaired) electrons. The Morgan fingerprint density at radius 1 is 0.939 bits per heavy atom. The predicted molar refractivity (Wildman–Crippen MR) is 134 cm³/mol. The largest absolute Gasteiger partial charge is 0.341 e. The highest BCUT2D eigenvalue weighted by Crippen LogP contribution is 2.27. The van der Waals surface area contributed by atoms with Crippen molar-refractivity contribution in [2.75, 3.05) is 58.9 Å². The fourth-order valence-electron chi connectivity index (χ4n) is 4.64. The third-order valence-corrected chi connectivity index (χ3v) is 7.62. The quantitative estimate of drug-likeness (QED) is 0.410. The number of carbonyl (C=O) groups is 2. The molecule has 3 fully saturated rings. The normalized spacial score (nSPS) is 21.1. The standard InChI is InChI=1S/C25H34Cl2N4O2/c26-22-7-3-20(19-23(22)27)4-8-24(32)31-12-9-25(33)30(17-18-31)11-2-1-10-28-13-15-29(16-14-28)21-5-6-21/h3-4,7-8,19,21H,1-2,5-6,9-18H2/b8-4+. The number of unbranched alkanes of at least 4 members (excludes halogenated alkanes) is 1. The summed E-state index contributed by atoms with van der Waals surface area (Å²) in [6.07, 6.45) is 8.57. The van der Waals surface area contributed by atoms with Crippen molar-refractivity contribution in [1.82, 2.24) is 19.6 Å². The van der Waals surface area contributed by atoms with E-state index in [9.17, 15) is 9.59 Å². The maximum Gasteiger partial charge on any atom is 0.246 e. The molecule has 0 spiro atoms. The van der Waals surface area contributed by atoms with Crippen LogP contribution in [0.15, 0.2) is 24.3 Å². The van der Waals surface area contributed by atoms with Crippen molar-refractivity contribution >= 4 is 41.1 Å². The van der Waals surface area contributed by atoms with Crippen molar-refractivity contribution in [2.45, 2.75) is 38.1 Å². The number of hydrogen-bond donors (Lipinski definition) is 0. The van der Waals surface area contributed by atoms with Crippen LogP contribution in [0.1, 0.15) is 37.7 Å². The molecule has 6 nitrogen and oxygen atoms in total. The summed E-state index contributed by atoms with van der Waals surface area (Å²) in [5, 5.41) is 0.949. The van der Waals surface area contributed by atoms with Crippen molar-refractivity contribution < 1.29 is 9.59 Å². The van der Waals surface area contributed by atoms with Crippen LogP contribution in [0, 0.1) is 0 Å². The van der Waals surface area contributed by atoms with Gasteiger partial charge in [0.2, 0.25) is 11.8 Å². The lowest BCUT2D eigenvalue weighted by atomic mass is 10.2. The highest BCUT2D eigenvalue weighted by atomic mass is 35.5. The fourth-order valence-corrected chi connectivity index (χ4v) is 4.95. The molecular weight excluding hydrogens is 459 g/mol. The number of halogens is 2. The molecule has 0 atom stereocenters. The molecule has 0 aromatic heterocycles. The first-order chi connectivity index (χ1) is 16.0. The minimum Gasteiger partial charge on any atom is -0.341 e. The Bertz CT molecular complexity index is 866. The summed E-state index contributed by atoms with van der Waals surface area (Å²) in [7, 11) is 0. The smallest absolute Gasteiger partial charge is 0.246 e. The Morgan fingerprint density at radius 3 is 2.42 bits per heavy atom. The molecule has 2 heterocycles. The molecule has 0 N–H and O–H groups in total. The second-order valence-corrected chi connectivity index (χ2v) is 10.1. The molecule has 180 valence electrons. The first-order valence-electron chi connectivity index (χ1n) is 12.2. The van der Waals surface area contributed by atoms with E-state index in [4.69, 9.17) is 23.2 Å². The molecule has 2 aliphatic heterocycles. The number of benzene rings is 1. The second-order valence-electron chi connectivity index (χ2n) is 9.28. The van der Waals surface area contributed by atoms with E-state index in [1.54, 1.807) is 29.2 Å². The van der Waals surface area contributed by atoms with Crippen LogP contribution in [0.25, 0.3) is 6.08 Å². The molecule has 33 heavy (non-hydrogen) atoms. The summed E-state index contributed by atoms with van der Waals surface area (Å²) >= 11 is 12.0. The maximum atomic E-state index is 12.6. The summed E-state index contributed by atoms with van der Waals surface area (Å²) < 4.78 is 0. The van der Waals surface area contributed by atoms with E-state index in [0.29, 0.717) is 36.1 Å². The molecule has 2 saturated heterocycles. The highest BCUT2D eigenvalue weighted by molar-refractivity contribution is 6.42. The van der Waals surface area contributed by atoms with Crippen LogP contribution >= 0.6 is 23.2 Å². The molecule has 1 saturated carbocycles. The Kier molecular flexibility index (Phi) is 8.69. The fraction of sp³-hybridized carbons (Fsp3) is 0.600. The number of carbonyl (C=O) groups excluding carboxylic acids is 2. The van der Waals surface area contributed by atoms with Gasteiger partial charge in [0.25, 0.3) is 0 Å². The minimum absolute atomic E-state index is 0.0823. The molecule has 1 aliphatic carbocycles. The van der Waals surface area contributed by atoms with Crippen molar-refractivity contribution in [1.29, 1.82) is 0 Å². The molecule has 1 aromatic rings. The van der Waals surface area contributed by atoms with Crippen LogP contribution in [0.4, 0.5) is 0 Å². The molecule has 2 amide bonds. The van der Waals surface area contributed by atoms with Crippen molar-refractivity contribution in [3.8, 4) is 0 Å². The van der Waals surface area contributed by atoms with Crippen molar-refractivity contribution in [3.63, 3.8) is 0 Å². The highest BCUT2D eigenvalue weighted by Gasteiger charge is 2.31. The van der Waals surface area contributed by atoms with Gasteiger partial charge in [-0.25, -0.2) is 0 Å². The Morgan fingerprint density at radius 2 is 1.70 bits per heavy atom. The van der Waals surface area contributed by atoms with Gasteiger partial charge in [-0.3, -0.25) is 14.5 Å². The number of hydrogen-bond acceptors (Lipinski definition) is 4. The summed E-state index contributed by atoms with van der Waals surface area (Å²) in [6, 6.07) is 6.14. The van der Waals surface area contributed by atoms with Crippen LogP contribution in [-0.2, 0) is 9.59 Å². The van der Waals surface area contributed by atoms with E-state index in [1.165, 1.54) is 39.0 Å². The van der Waals surface area contributed by atoms with Crippen LogP contribution in [0.3, 0.4) is 0 Å².